The first-order valence-corrected chi connectivity index (χ1v) is 10.4. The van der Waals surface area contributed by atoms with Crippen LogP contribution < -0.4 is 0 Å². The molecule has 1 aliphatic heterocycles. The van der Waals surface area contributed by atoms with Crippen LogP contribution in [0.5, 0.6) is 0 Å². The van der Waals surface area contributed by atoms with Crippen LogP contribution in [0.25, 0.3) is 11.3 Å². The van der Waals surface area contributed by atoms with Gasteiger partial charge >= 0.3 is 0 Å². The molecule has 1 saturated heterocycles. The van der Waals surface area contributed by atoms with Gasteiger partial charge in [0, 0.05) is 57.7 Å². The zero-order valence-electron chi connectivity index (χ0n) is 17.4. The van der Waals surface area contributed by atoms with Crippen LogP contribution in [0.2, 0.25) is 0 Å². The number of rotatable bonds is 7. The molecule has 1 aromatic heterocycles. The summed E-state index contributed by atoms with van der Waals surface area (Å²) < 4.78 is 19.5. The Labute approximate surface area is 184 Å². The van der Waals surface area contributed by atoms with Crippen molar-refractivity contribution in [2.75, 3.05) is 26.2 Å². The fourth-order valence-electron chi connectivity index (χ4n) is 3.77. The Morgan fingerprint density at radius 1 is 1.12 bits per heavy atom. The Kier molecular flexibility index (Phi) is 6.55. The molecule has 0 unspecified atom stereocenters. The van der Waals surface area contributed by atoms with E-state index in [1.165, 1.54) is 18.3 Å². The van der Waals surface area contributed by atoms with Gasteiger partial charge < -0.3 is 9.32 Å². The van der Waals surface area contributed by atoms with Crippen LogP contribution in [0.1, 0.15) is 17.9 Å². The third kappa shape index (κ3) is 5.17. The minimum absolute atomic E-state index is 0.0191. The standard InChI is InChI=1S/C23H23FN4O4/c24-20-7-2-1-6-19(20)21-15-25-22(32-21)8-9-23(29)27-12-10-26(11-13-27)16-17-4-3-5-18(14-17)28(30)31/h1-7,14-15H,8-13,16H2. The van der Waals surface area contributed by atoms with Gasteiger partial charge in [-0.1, -0.05) is 24.3 Å². The van der Waals surface area contributed by atoms with E-state index >= 15 is 0 Å². The van der Waals surface area contributed by atoms with Crippen molar-refractivity contribution < 1.29 is 18.5 Å². The average molecular weight is 438 g/mol. The second-order valence-electron chi connectivity index (χ2n) is 7.68. The van der Waals surface area contributed by atoms with Crippen LogP contribution in [-0.4, -0.2) is 51.8 Å². The van der Waals surface area contributed by atoms with E-state index in [0.717, 1.165) is 5.56 Å². The largest absolute Gasteiger partial charge is 0.441 e. The maximum atomic E-state index is 13.9. The summed E-state index contributed by atoms with van der Waals surface area (Å²) in [6, 6.07) is 12.9. The second kappa shape index (κ2) is 9.69. The van der Waals surface area contributed by atoms with Gasteiger partial charge in [-0.15, -0.1) is 0 Å². The zero-order valence-corrected chi connectivity index (χ0v) is 17.4. The van der Waals surface area contributed by atoms with Gasteiger partial charge in [-0.05, 0) is 17.7 Å². The highest BCUT2D eigenvalue weighted by Crippen LogP contribution is 2.24. The van der Waals surface area contributed by atoms with Crippen LogP contribution in [0, 0.1) is 15.9 Å². The maximum Gasteiger partial charge on any atom is 0.269 e. The Balaban J connectivity index is 1.25. The van der Waals surface area contributed by atoms with Crippen molar-refractivity contribution in [3.05, 3.63) is 82.1 Å². The van der Waals surface area contributed by atoms with Crippen molar-refractivity contribution in [1.29, 1.82) is 0 Å². The molecule has 0 radical (unpaired) electrons. The number of piperazine rings is 1. The maximum absolute atomic E-state index is 13.9. The average Bonchev–Trinajstić information content (AvgIpc) is 3.27. The molecule has 3 aromatic rings. The van der Waals surface area contributed by atoms with Crippen LogP contribution >= 0.6 is 0 Å². The topological polar surface area (TPSA) is 92.7 Å². The van der Waals surface area contributed by atoms with E-state index in [4.69, 9.17) is 4.42 Å². The van der Waals surface area contributed by atoms with E-state index < -0.39 is 4.92 Å². The van der Waals surface area contributed by atoms with Gasteiger partial charge in [-0.3, -0.25) is 19.8 Å². The molecule has 0 spiro atoms. The predicted octanol–water partition coefficient (Wildman–Crippen LogP) is 3.67. The summed E-state index contributed by atoms with van der Waals surface area (Å²) in [6.45, 7) is 3.20. The molecular formula is C23H23FN4O4. The number of amides is 1. The van der Waals surface area contributed by atoms with Crippen LogP contribution in [0.4, 0.5) is 10.1 Å². The van der Waals surface area contributed by atoms with E-state index in [1.54, 1.807) is 30.3 Å². The highest BCUT2D eigenvalue weighted by molar-refractivity contribution is 5.76. The molecule has 1 amide bonds. The molecule has 32 heavy (non-hydrogen) atoms. The molecular weight excluding hydrogens is 415 g/mol. The lowest BCUT2D eigenvalue weighted by Gasteiger charge is -2.34. The summed E-state index contributed by atoms with van der Waals surface area (Å²) in [4.78, 5) is 31.3. The number of hydrogen-bond acceptors (Lipinski definition) is 6. The third-order valence-corrected chi connectivity index (χ3v) is 5.50. The number of carbonyl (C=O) groups is 1. The number of non-ortho nitro benzene ring substituents is 1. The summed E-state index contributed by atoms with van der Waals surface area (Å²) in [5, 5.41) is 10.9. The zero-order chi connectivity index (χ0) is 22.5. The normalized spacial score (nSPS) is 14.5. The highest BCUT2D eigenvalue weighted by atomic mass is 19.1. The first-order chi connectivity index (χ1) is 15.5. The Morgan fingerprint density at radius 2 is 1.91 bits per heavy atom. The number of aromatic nitrogens is 1. The number of aryl methyl sites for hydroxylation is 1. The lowest BCUT2D eigenvalue weighted by molar-refractivity contribution is -0.384. The minimum atomic E-state index is -0.396. The summed E-state index contributed by atoms with van der Waals surface area (Å²) in [7, 11) is 0. The molecule has 1 fully saturated rings. The smallest absolute Gasteiger partial charge is 0.269 e. The Bertz CT molecular complexity index is 1110. The number of oxazole rings is 1. The molecule has 0 atom stereocenters. The number of nitrogens with zero attached hydrogens (tertiary/aromatic N) is 4. The third-order valence-electron chi connectivity index (χ3n) is 5.50. The van der Waals surface area contributed by atoms with Crippen LogP contribution in [0.15, 0.2) is 59.1 Å². The Morgan fingerprint density at radius 3 is 2.66 bits per heavy atom. The summed E-state index contributed by atoms with van der Waals surface area (Å²) in [5.41, 5.74) is 1.31. The van der Waals surface area contributed by atoms with Gasteiger partial charge in [0.05, 0.1) is 16.7 Å². The molecule has 8 nitrogen and oxygen atoms in total. The van der Waals surface area contributed by atoms with Gasteiger partial charge in [-0.2, -0.15) is 0 Å². The van der Waals surface area contributed by atoms with E-state index in [2.05, 4.69) is 9.88 Å². The Hall–Kier alpha value is -3.59. The molecule has 0 bridgehead atoms. The fourth-order valence-corrected chi connectivity index (χ4v) is 3.77. The molecule has 0 N–H and O–H groups in total. The van der Waals surface area contributed by atoms with Crippen LogP contribution in [0.3, 0.4) is 0 Å². The molecule has 9 heteroatoms. The van der Waals surface area contributed by atoms with Crippen molar-refractivity contribution in [2.24, 2.45) is 0 Å². The van der Waals surface area contributed by atoms with E-state index in [9.17, 15) is 19.3 Å². The van der Waals surface area contributed by atoms with Gasteiger partial charge in [0.2, 0.25) is 5.91 Å². The molecule has 166 valence electrons. The van der Waals surface area contributed by atoms with Gasteiger partial charge in [0.15, 0.2) is 11.7 Å². The predicted molar refractivity (Wildman–Crippen MR) is 115 cm³/mol. The quantitative estimate of drug-likeness (QED) is 0.413. The van der Waals surface area contributed by atoms with Crippen molar-refractivity contribution in [3.63, 3.8) is 0 Å². The molecule has 0 aliphatic carbocycles. The van der Waals surface area contributed by atoms with Gasteiger partial charge in [0.25, 0.3) is 5.69 Å². The highest BCUT2D eigenvalue weighted by Gasteiger charge is 2.22. The number of nitro groups is 1. The van der Waals surface area contributed by atoms with Crippen molar-refractivity contribution in [1.82, 2.24) is 14.8 Å². The summed E-state index contributed by atoms with van der Waals surface area (Å²) in [6.07, 6.45) is 2.09. The van der Waals surface area contributed by atoms with Crippen molar-refractivity contribution in [2.45, 2.75) is 19.4 Å². The summed E-state index contributed by atoms with van der Waals surface area (Å²) in [5.74, 6) is 0.390. The monoisotopic (exact) mass is 438 g/mol. The fraction of sp³-hybridized carbons (Fsp3) is 0.304. The number of halogens is 1. The second-order valence-corrected chi connectivity index (χ2v) is 7.68. The van der Waals surface area contributed by atoms with Crippen molar-refractivity contribution in [3.8, 4) is 11.3 Å². The molecule has 2 heterocycles. The molecule has 4 rings (SSSR count). The van der Waals surface area contributed by atoms with E-state index in [1.807, 2.05) is 11.0 Å². The number of hydrogen-bond donors (Lipinski definition) is 0. The number of nitro benzene ring substituents is 1. The number of carbonyl (C=O) groups excluding carboxylic acids is 1. The van der Waals surface area contributed by atoms with Crippen LogP contribution in [-0.2, 0) is 17.8 Å². The molecule has 0 saturated carbocycles. The molecule has 1 aliphatic rings. The lowest BCUT2D eigenvalue weighted by atomic mass is 10.1. The minimum Gasteiger partial charge on any atom is -0.441 e. The first kappa shape index (κ1) is 21.6. The lowest BCUT2D eigenvalue weighted by Crippen LogP contribution is -2.48. The van der Waals surface area contributed by atoms with Crippen molar-refractivity contribution >= 4 is 11.6 Å². The summed E-state index contributed by atoms with van der Waals surface area (Å²) >= 11 is 0. The first-order valence-electron chi connectivity index (χ1n) is 10.4. The van der Waals surface area contributed by atoms with E-state index in [-0.39, 0.29) is 23.8 Å². The molecule has 2 aromatic carbocycles. The van der Waals surface area contributed by atoms with E-state index in [0.29, 0.717) is 56.4 Å². The van der Waals surface area contributed by atoms with Gasteiger partial charge in [-0.25, -0.2) is 9.37 Å². The SMILES string of the molecule is O=C(CCc1ncc(-c2ccccc2F)o1)N1CCN(Cc2cccc([N+](=O)[O-])c2)CC1. The number of benzene rings is 2. The van der Waals surface area contributed by atoms with Gasteiger partial charge in [0.1, 0.15) is 5.82 Å².